The SMILES string of the molecule is CC1CCC(CNC2=NCC3(CCCCC3)CS2)CC1. The summed E-state index contributed by atoms with van der Waals surface area (Å²) in [6.07, 6.45) is 12.8. The Hall–Kier alpha value is -0.180. The van der Waals surface area contributed by atoms with E-state index >= 15 is 0 Å². The van der Waals surface area contributed by atoms with Crippen LogP contribution in [0.2, 0.25) is 0 Å². The quantitative estimate of drug-likeness (QED) is 0.813. The topological polar surface area (TPSA) is 24.4 Å². The molecule has 2 saturated carbocycles. The Bertz CT molecular complexity index is 339. The Morgan fingerprint density at radius 1 is 1.15 bits per heavy atom. The zero-order valence-electron chi connectivity index (χ0n) is 13.0. The van der Waals surface area contributed by atoms with E-state index in [0.29, 0.717) is 5.41 Å². The van der Waals surface area contributed by atoms with E-state index in [4.69, 9.17) is 4.99 Å². The van der Waals surface area contributed by atoms with Crippen molar-refractivity contribution < 1.29 is 0 Å². The highest BCUT2D eigenvalue weighted by Gasteiger charge is 2.34. The van der Waals surface area contributed by atoms with Crippen molar-refractivity contribution in [2.75, 3.05) is 18.8 Å². The fraction of sp³-hybridized carbons (Fsp3) is 0.941. The lowest BCUT2D eigenvalue weighted by Crippen LogP contribution is -2.38. The second-order valence-corrected chi connectivity index (χ2v) is 8.44. The van der Waals surface area contributed by atoms with Crippen LogP contribution in [-0.4, -0.2) is 24.0 Å². The molecule has 114 valence electrons. The van der Waals surface area contributed by atoms with Crippen LogP contribution in [-0.2, 0) is 0 Å². The van der Waals surface area contributed by atoms with E-state index in [1.54, 1.807) is 0 Å². The van der Waals surface area contributed by atoms with Crippen molar-refractivity contribution in [3.8, 4) is 0 Å². The third kappa shape index (κ3) is 3.72. The van der Waals surface area contributed by atoms with Crippen molar-refractivity contribution in [3.05, 3.63) is 0 Å². The highest BCUT2D eigenvalue weighted by Crippen LogP contribution is 2.41. The molecular weight excluding hydrogens is 264 g/mol. The number of amidine groups is 1. The predicted octanol–water partition coefficient (Wildman–Crippen LogP) is 4.46. The summed E-state index contributed by atoms with van der Waals surface area (Å²) in [5, 5.41) is 4.88. The number of rotatable bonds is 2. The van der Waals surface area contributed by atoms with Crippen LogP contribution in [0.25, 0.3) is 0 Å². The molecule has 1 spiro atoms. The third-order valence-electron chi connectivity index (χ3n) is 5.66. The number of hydrogen-bond acceptors (Lipinski definition) is 3. The van der Waals surface area contributed by atoms with Gasteiger partial charge in [-0.25, -0.2) is 0 Å². The first-order valence-electron chi connectivity index (χ1n) is 8.67. The lowest BCUT2D eigenvalue weighted by atomic mass is 9.75. The Balaban J connectivity index is 1.43. The lowest BCUT2D eigenvalue weighted by molar-refractivity contribution is 0.232. The van der Waals surface area contributed by atoms with E-state index in [1.807, 2.05) is 11.8 Å². The zero-order chi connectivity index (χ0) is 13.8. The van der Waals surface area contributed by atoms with Gasteiger partial charge in [0.05, 0.1) is 0 Å². The maximum absolute atomic E-state index is 4.87. The van der Waals surface area contributed by atoms with Crippen LogP contribution in [0.3, 0.4) is 0 Å². The normalized spacial score (nSPS) is 33.8. The van der Waals surface area contributed by atoms with Crippen LogP contribution >= 0.6 is 11.8 Å². The molecule has 0 aromatic carbocycles. The molecule has 3 aliphatic rings. The minimum atomic E-state index is 0.564. The van der Waals surface area contributed by atoms with Gasteiger partial charge in [0.2, 0.25) is 0 Å². The molecule has 0 atom stereocenters. The van der Waals surface area contributed by atoms with Crippen LogP contribution in [0.4, 0.5) is 0 Å². The monoisotopic (exact) mass is 294 g/mol. The van der Waals surface area contributed by atoms with Crippen LogP contribution in [0.5, 0.6) is 0 Å². The largest absolute Gasteiger partial charge is 0.365 e. The van der Waals surface area contributed by atoms with Crippen LogP contribution in [0.15, 0.2) is 4.99 Å². The van der Waals surface area contributed by atoms with Crippen molar-refractivity contribution >= 4 is 16.9 Å². The van der Waals surface area contributed by atoms with Gasteiger partial charge >= 0.3 is 0 Å². The number of aliphatic imine (C=N–C) groups is 1. The van der Waals surface area contributed by atoms with Gasteiger partial charge in [0.1, 0.15) is 0 Å². The first-order chi connectivity index (χ1) is 9.76. The van der Waals surface area contributed by atoms with Crippen molar-refractivity contribution in [3.63, 3.8) is 0 Å². The van der Waals surface area contributed by atoms with E-state index < -0.39 is 0 Å². The fourth-order valence-corrected chi connectivity index (χ4v) is 5.19. The summed E-state index contributed by atoms with van der Waals surface area (Å²) in [7, 11) is 0. The number of thioether (sulfide) groups is 1. The molecular formula is C17H30N2S. The summed E-state index contributed by atoms with van der Waals surface area (Å²) >= 11 is 2.00. The third-order valence-corrected chi connectivity index (χ3v) is 6.97. The van der Waals surface area contributed by atoms with Gasteiger partial charge in [-0.2, -0.15) is 0 Å². The van der Waals surface area contributed by atoms with E-state index in [2.05, 4.69) is 12.2 Å². The molecule has 2 nitrogen and oxygen atoms in total. The summed E-state index contributed by atoms with van der Waals surface area (Å²) in [4.78, 5) is 4.87. The van der Waals surface area contributed by atoms with Crippen LogP contribution < -0.4 is 5.32 Å². The molecule has 1 heterocycles. The average Bonchev–Trinajstić information content (AvgIpc) is 2.49. The van der Waals surface area contributed by atoms with Gasteiger partial charge in [-0.1, -0.05) is 50.8 Å². The smallest absolute Gasteiger partial charge is 0.156 e. The van der Waals surface area contributed by atoms with Crippen LogP contribution in [0, 0.1) is 17.3 Å². The zero-order valence-corrected chi connectivity index (χ0v) is 13.8. The average molecular weight is 295 g/mol. The van der Waals surface area contributed by atoms with Crippen molar-refractivity contribution in [2.45, 2.75) is 64.7 Å². The molecule has 0 amide bonds. The van der Waals surface area contributed by atoms with Gasteiger partial charge in [-0.3, -0.25) is 4.99 Å². The summed E-state index contributed by atoms with van der Waals surface area (Å²) in [6.45, 7) is 4.64. The number of nitrogens with zero attached hydrogens (tertiary/aromatic N) is 1. The Kier molecular flexibility index (Phi) is 4.95. The van der Waals surface area contributed by atoms with E-state index in [0.717, 1.165) is 24.9 Å². The van der Waals surface area contributed by atoms with Gasteiger partial charge in [0.15, 0.2) is 5.17 Å². The number of nitrogens with one attached hydrogen (secondary N) is 1. The molecule has 2 fully saturated rings. The van der Waals surface area contributed by atoms with Gasteiger partial charge in [-0.05, 0) is 42.9 Å². The standard InChI is InChI=1S/C17H30N2S/c1-14-5-7-15(8-6-14)11-18-16-19-12-17(13-20-16)9-3-2-4-10-17/h14-15H,2-13H2,1H3,(H,18,19). The molecule has 0 radical (unpaired) electrons. The minimum absolute atomic E-state index is 0.564. The second-order valence-electron chi connectivity index (χ2n) is 7.48. The molecule has 0 bridgehead atoms. The molecule has 20 heavy (non-hydrogen) atoms. The highest BCUT2D eigenvalue weighted by atomic mass is 32.2. The summed E-state index contributed by atoms with van der Waals surface area (Å²) in [6, 6.07) is 0. The summed E-state index contributed by atoms with van der Waals surface area (Å²) < 4.78 is 0. The maximum atomic E-state index is 4.87. The molecule has 2 aliphatic carbocycles. The molecule has 1 N–H and O–H groups in total. The van der Waals surface area contributed by atoms with Crippen molar-refractivity contribution in [1.29, 1.82) is 0 Å². The van der Waals surface area contributed by atoms with Gasteiger partial charge in [-0.15, -0.1) is 0 Å². The first-order valence-corrected chi connectivity index (χ1v) is 9.65. The molecule has 1 aliphatic heterocycles. The summed E-state index contributed by atoms with van der Waals surface area (Å²) in [5.74, 6) is 3.15. The highest BCUT2D eigenvalue weighted by molar-refractivity contribution is 8.13. The Labute approximate surface area is 128 Å². The van der Waals surface area contributed by atoms with Crippen LogP contribution in [0.1, 0.15) is 64.7 Å². The lowest BCUT2D eigenvalue weighted by Gasteiger charge is -2.38. The maximum Gasteiger partial charge on any atom is 0.156 e. The first kappa shape index (κ1) is 14.7. The van der Waals surface area contributed by atoms with E-state index in [9.17, 15) is 0 Å². The predicted molar refractivity (Wildman–Crippen MR) is 89.4 cm³/mol. The molecule has 0 saturated heterocycles. The second kappa shape index (κ2) is 6.72. The van der Waals surface area contributed by atoms with Crippen molar-refractivity contribution in [1.82, 2.24) is 5.32 Å². The molecule has 0 aromatic heterocycles. The minimum Gasteiger partial charge on any atom is -0.365 e. The fourth-order valence-electron chi connectivity index (χ4n) is 4.03. The Morgan fingerprint density at radius 2 is 1.90 bits per heavy atom. The van der Waals surface area contributed by atoms with Gasteiger partial charge < -0.3 is 5.32 Å². The molecule has 3 heteroatoms. The van der Waals surface area contributed by atoms with E-state index in [1.165, 1.54) is 68.7 Å². The summed E-state index contributed by atoms with van der Waals surface area (Å²) in [5.41, 5.74) is 0.564. The Morgan fingerprint density at radius 3 is 2.55 bits per heavy atom. The van der Waals surface area contributed by atoms with Crippen molar-refractivity contribution in [2.24, 2.45) is 22.2 Å². The van der Waals surface area contributed by atoms with Gasteiger partial charge in [0.25, 0.3) is 0 Å². The van der Waals surface area contributed by atoms with E-state index in [-0.39, 0.29) is 0 Å². The molecule has 0 unspecified atom stereocenters. The van der Waals surface area contributed by atoms with Gasteiger partial charge in [0, 0.05) is 18.8 Å². The number of hydrogen-bond donors (Lipinski definition) is 1. The molecule has 0 aromatic rings. The molecule has 3 rings (SSSR count).